The summed E-state index contributed by atoms with van der Waals surface area (Å²) in [4.78, 5) is 0. The Bertz CT molecular complexity index is 710. The molecule has 0 radical (unpaired) electrons. The molecule has 0 spiro atoms. The minimum Gasteiger partial charge on any atom is -0.396 e. The molecule has 230 valence electrons. The lowest BCUT2D eigenvalue weighted by Crippen LogP contribution is -2.55. The van der Waals surface area contributed by atoms with Crippen LogP contribution in [0.3, 0.4) is 0 Å². The normalized spacial score (nSPS) is 18.3. The second-order valence-corrected chi connectivity index (χ2v) is 19.3. The third-order valence-corrected chi connectivity index (χ3v) is 10.1. The van der Waals surface area contributed by atoms with Crippen LogP contribution in [-0.4, -0.2) is 23.4 Å². The largest absolute Gasteiger partial charge is 0.396 e. The summed E-state index contributed by atoms with van der Waals surface area (Å²) in [6.07, 6.45) is 6.48. The van der Waals surface area contributed by atoms with E-state index >= 15 is 0 Å². The first kappa shape index (κ1) is 37.9. The molecule has 0 fully saturated rings. The Morgan fingerprint density at radius 1 is 0.421 bits per heavy atom. The van der Waals surface area contributed by atoms with Gasteiger partial charge in [0, 0.05) is 13.2 Å². The van der Waals surface area contributed by atoms with Gasteiger partial charge in [0.15, 0.2) is 0 Å². The molecule has 0 aromatic heterocycles. The Hall–Kier alpha value is -0.0800. The fourth-order valence-electron chi connectivity index (χ4n) is 9.77. The van der Waals surface area contributed by atoms with E-state index in [9.17, 15) is 10.2 Å². The average molecular weight is 539 g/mol. The Labute approximate surface area is 241 Å². The number of hydrogen-bond acceptors (Lipinski definition) is 2. The van der Waals surface area contributed by atoms with Gasteiger partial charge in [0.2, 0.25) is 0 Å². The van der Waals surface area contributed by atoms with Gasteiger partial charge in [-0.1, -0.05) is 131 Å². The predicted octanol–water partition coefficient (Wildman–Crippen LogP) is 10.8. The first-order valence-electron chi connectivity index (χ1n) is 15.8. The molecule has 38 heavy (non-hydrogen) atoms. The number of aliphatic hydroxyl groups excluding tert-OH is 2. The molecule has 2 N–H and O–H groups in total. The molecule has 0 rings (SSSR count). The van der Waals surface area contributed by atoms with Crippen molar-refractivity contribution < 1.29 is 10.2 Å². The number of rotatable bonds is 16. The van der Waals surface area contributed by atoms with Crippen molar-refractivity contribution in [2.45, 2.75) is 163 Å². The molecule has 0 saturated heterocycles. The summed E-state index contributed by atoms with van der Waals surface area (Å²) in [7, 11) is 0. The van der Waals surface area contributed by atoms with Crippen LogP contribution in [0.5, 0.6) is 0 Å². The van der Waals surface area contributed by atoms with Crippen molar-refractivity contribution in [1.82, 2.24) is 0 Å². The summed E-state index contributed by atoms with van der Waals surface area (Å²) >= 11 is 0. The van der Waals surface area contributed by atoms with E-state index in [0.717, 1.165) is 25.7 Å². The van der Waals surface area contributed by atoms with Crippen LogP contribution in [0.4, 0.5) is 0 Å². The van der Waals surface area contributed by atoms with E-state index in [2.05, 4.69) is 125 Å². The van der Waals surface area contributed by atoms with Gasteiger partial charge in [-0.25, -0.2) is 0 Å². The molecule has 0 aromatic carbocycles. The first-order valence-corrected chi connectivity index (χ1v) is 15.8. The van der Waals surface area contributed by atoms with E-state index in [-0.39, 0.29) is 56.5 Å². The van der Waals surface area contributed by atoms with E-state index in [1.807, 2.05) is 0 Å². The SMILES string of the molecule is CCC(C)(C)CC(C)(C)C(C(C(C)(C)CC(C)(C)C)C(C)(C)CC(C)(C)CO)C(C)(C)CC(C)(CC)CO. The van der Waals surface area contributed by atoms with Crippen molar-refractivity contribution in [3.63, 3.8) is 0 Å². The van der Waals surface area contributed by atoms with Crippen LogP contribution in [0.25, 0.3) is 0 Å². The van der Waals surface area contributed by atoms with Gasteiger partial charge in [0.25, 0.3) is 0 Å². The lowest BCUT2D eigenvalue weighted by Gasteiger charge is -2.61. The molecule has 0 aliphatic heterocycles. The first-order chi connectivity index (χ1) is 16.6. The summed E-state index contributed by atoms with van der Waals surface area (Å²) in [6.45, 7) is 44.0. The maximum absolute atomic E-state index is 10.5. The molecule has 0 saturated carbocycles. The number of aliphatic hydroxyl groups is 2. The van der Waals surface area contributed by atoms with Crippen molar-refractivity contribution >= 4 is 0 Å². The summed E-state index contributed by atoms with van der Waals surface area (Å²) in [5.41, 5.74) is 0.457. The molecule has 0 aliphatic rings. The van der Waals surface area contributed by atoms with Crippen LogP contribution in [0, 0.1) is 55.2 Å². The maximum atomic E-state index is 10.5. The van der Waals surface area contributed by atoms with Gasteiger partial charge >= 0.3 is 0 Å². The van der Waals surface area contributed by atoms with Crippen molar-refractivity contribution in [2.75, 3.05) is 13.2 Å². The fraction of sp³-hybridized carbons (Fsp3) is 1.00. The lowest BCUT2D eigenvalue weighted by atomic mass is 9.43. The second kappa shape index (κ2) is 12.4. The van der Waals surface area contributed by atoms with E-state index in [4.69, 9.17) is 0 Å². The van der Waals surface area contributed by atoms with Gasteiger partial charge < -0.3 is 10.2 Å². The maximum Gasteiger partial charge on any atom is 0.0484 e. The van der Waals surface area contributed by atoms with E-state index in [1.54, 1.807) is 0 Å². The van der Waals surface area contributed by atoms with Gasteiger partial charge in [0.1, 0.15) is 0 Å². The van der Waals surface area contributed by atoms with E-state index in [1.165, 1.54) is 12.8 Å². The Kier molecular flexibility index (Phi) is 12.4. The third-order valence-electron chi connectivity index (χ3n) is 10.1. The Balaban J connectivity index is 7.54. The predicted molar refractivity (Wildman–Crippen MR) is 170 cm³/mol. The molecule has 3 atom stereocenters. The van der Waals surface area contributed by atoms with Gasteiger partial charge in [0.05, 0.1) is 0 Å². The molecule has 0 heterocycles. The summed E-state index contributed by atoms with van der Waals surface area (Å²) in [5.74, 6) is 0.859. The van der Waals surface area contributed by atoms with Crippen LogP contribution < -0.4 is 0 Å². The van der Waals surface area contributed by atoms with Crippen molar-refractivity contribution in [2.24, 2.45) is 55.2 Å². The van der Waals surface area contributed by atoms with Crippen LogP contribution in [0.1, 0.15) is 163 Å². The molecular weight excluding hydrogens is 464 g/mol. The minimum atomic E-state index is -0.135. The molecule has 2 heteroatoms. The van der Waals surface area contributed by atoms with Gasteiger partial charge in [-0.05, 0) is 87.3 Å². The van der Waals surface area contributed by atoms with Crippen LogP contribution >= 0.6 is 0 Å². The van der Waals surface area contributed by atoms with E-state index < -0.39 is 0 Å². The molecule has 0 aromatic rings. The van der Waals surface area contributed by atoms with Crippen molar-refractivity contribution in [3.05, 3.63) is 0 Å². The van der Waals surface area contributed by atoms with Crippen molar-refractivity contribution in [1.29, 1.82) is 0 Å². The monoisotopic (exact) mass is 539 g/mol. The molecule has 3 unspecified atom stereocenters. The lowest BCUT2D eigenvalue weighted by molar-refractivity contribution is -0.133. The highest BCUT2D eigenvalue weighted by Crippen LogP contribution is 2.64. The zero-order chi connectivity index (χ0) is 30.8. The zero-order valence-corrected chi connectivity index (χ0v) is 29.7. The van der Waals surface area contributed by atoms with Gasteiger partial charge in [-0.2, -0.15) is 0 Å². The molecule has 2 nitrogen and oxygen atoms in total. The molecular formula is C36H74O2. The Morgan fingerprint density at radius 2 is 0.763 bits per heavy atom. The highest BCUT2D eigenvalue weighted by atomic mass is 16.3. The summed E-state index contributed by atoms with van der Waals surface area (Å²) in [5, 5.41) is 20.9. The number of hydrogen-bond donors (Lipinski definition) is 2. The second-order valence-electron chi connectivity index (χ2n) is 19.3. The highest BCUT2D eigenvalue weighted by Gasteiger charge is 2.57. The minimum absolute atomic E-state index is 0.0123. The zero-order valence-electron chi connectivity index (χ0n) is 29.7. The quantitative estimate of drug-likeness (QED) is 0.205. The molecule has 0 amide bonds. The fourth-order valence-corrected chi connectivity index (χ4v) is 9.77. The van der Waals surface area contributed by atoms with Crippen LogP contribution in [-0.2, 0) is 0 Å². The average Bonchev–Trinajstić information content (AvgIpc) is 2.67. The van der Waals surface area contributed by atoms with Gasteiger partial charge in [-0.3, -0.25) is 0 Å². The smallest absolute Gasteiger partial charge is 0.0484 e. The van der Waals surface area contributed by atoms with Gasteiger partial charge in [-0.15, -0.1) is 0 Å². The summed E-state index contributed by atoms with van der Waals surface area (Å²) < 4.78 is 0. The van der Waals surface area contributed by atoms with Crippen LogP contribution in [0.15, 0.2) is 0 Å². The molecule has 0 bridgehead atoms. The standard InChI is InChI=1S/C36H74O2/c1-19-30(6,7)22-33(12,13)28(35(16,17)24-36(18,20-2)26-38)27(32(10,11)21-29(3,4)5)34(14,15)23-31(8,9)25-37/h27-28,37-38H,19-26H2,1-18H3. The summed E-state index contributed by atoms with van der Waals surface area (Å²) in [6, 6.07) is 0. The van der Waals surface area contributed by atoms with Crippen LogP contribution in [0.2, 0.25) is 0 Å². The third kappa shape index (κ3) is 10.7. The molecule has 0 aliphatic carbocycles. The topological polar surface area (TPSA) is 40.5 Å². The Morgan fingerprint density at radius 3 is 1.05 bits per heavy atom. The van der Waals surface area contributed by atoms with E-state index in [0.29, 0.717) is 11.8 Å². The highest BCUT2D eigenvalue weighted by molar-refractivity contribution is 5.05. The van der Waals surface area contributed by atoms with Crippen molar-refractivity contribution in [3.8, 4) is 0 Å².